The van der Waals surface area contributed by atoms with Crippen LogP contribution in [-0.2, 0) is 70.4 Å². The van der Waals surface area contributed by atoms with Gasteiger partial charge in [-0.05, 0) is 99.8 Å². The van der Waals surface area contributed by atoms with Crippen molar-refractivity contribution in [3.05, 3.63) is 94.5 Å². The first-order valence-electron chi connectivity index (χ1n) is 33.2. The fourth-order valence-corrected chi connectivity index (χ4v) is 12.5. The number of alkyl carbamates (subject to hydrolysis) is 1. The zero-order chi connectivity index (χ0) is 70.8. The zero-order valence-electron chi connectivity index (χ0n) is 57.7. The van der Waals surface area contributed by atoms with E-state index in [9.17, 15) is 52.7 Å². The number of methoxy groups -OCH3 is 2. The molecule has 1 aromatic heterocycles. The highest BCUT2D eigenvalue weighted by molar-refractivity contribution is 7.09. The number of unbranched alkanes of at least 4 members (excludes halogenated alkanes) is 2. The molecule has 528 valence electrons. The molecule has 12 amide bonds. The Morgan fingerprint density at radius 3 is 2.06 bits per heavy atom. The summed E-state index contributed by atoms with van der Waals surface area (Å²) in [7, 11) is 4.73. The maximum absolute atomic E-state index is 14.7. The minimum absolute atomic E-state index is 0.0629. The number of amides is 12. The standard InChI is InChI=1S/C69H102N12O14S/c1-13-44(6)59(52(93-11)39-56(85)80-36-21-25-51(80)60(94-12)45(7)61(86)76-50(64-71-34-37-96-64)38-46-22-16-14-17-23-46)79(10)65(89)58(43(4)5)78-66(90)69(8,9)41-73-68(92)95-40-47-27-29-48(30-28-47)74-62(87)49(24-20-33-72-67(70)91)75-63(88)57(42(2)3)77-53(82)26-18-15-19-35-81-54(83)31-32-55(81)84/h14,16-17,22-23,27-32,34,37,42-45,49-52,57-60H,13,15,18-21,24-26,33,35-36,38-41H2,1-12H3,(H,73,92)(H,74,87)(H,75,88)(H,76,86)(H,77,82)(H,78,90)(H3,70,72,91)/t44-,45+,49-,50-,51-,52+,57-,58-,59-,60+/m0/s1. The van der Waals surface area contributed by atoms with Gasteiger partial charge in [0.1, 0.15) is 29.7 Å². The Kier molecular flexibility index (Phi) is 31.4. The number of primary amides is 1. The molecule has 26 nitrogen and oxygen atoms in total. The summed E-state index contributed by atoms with van der Waals surface area (Å²) in [5.41, 5.74) is 5.95. The van der Waals surface area contributed by atoms with Gasteiger partial charge in [0.05, 0.1) is 48.1 Å². The number of nitrogens with two attached hydrogens (primary N) is 1. The lowest BCUT2D eigenvalue weighted by Gasteiger charge is -2.41. The first kappa shape index (κ1) is 78.4. The zero-order valence-corrected chi connectivity index (χ0v) is 58.6. The average Bonchev–Trinajstić information content (AvgIpc) is 1.09. The Labute approximate surface area is 568 Å². The quantitative estimate of drug-likeness (QED) is 0.0238. The first-order chi connectivity index (χ1) is 45.6. The predicted molar refractivity (Wildman–Crippen MR) is 363 cm³/mol. The molecular weight excluding hydrogens is 1250 g/mol. The molecule has 27 heteroatoms. The summed E-state index contributed by atoms with van der Waals surface area (Å²) in [6.45, 7) is 16.6. The van der Waals surface area contributed by atoms with Gasteiger partial charge in [0.2, 0.25) is 41.4 Å². The summed E-state index contributed by atoms with van der Waals surface area (Å²) in [5, 5.41) is 22.2. The van der Waals surface area contributed by atoms with Crippen molar-refractivity contribution >= 4 is 82.3 Å². The van der Waals surface area contributed by atoms with Gasteiger partial charge in [-0.25, -0.2) is 14.6 Å². The summed E-state index contributed by atoms with van der Waals surface area (Å²) in [6, 6.07) is 11.1. The van der Waals surface area contributed by atoms with Crippen molar-refractivity contribution in [3.63, 3.8) is 0 Å². The molecule has 2 aromatic carbocycles. The number of anilines is 1. The number of imide groups is 1. The van der Waals surface area contributed by atoms with E-state index in [-0.39, 0.29) is 111 Å². The van der Waals surface area contributed by atoms with Gasteiger partial charge in [-0.2, -0.15) is 0 Å². The number of nitrogens with zero attached hydrogens (tertiary/aromatic N) is 4. The number of benzene rings is 2. The number of hydrogen-bond acceptors (Lipinski definition) is 16. The first-order valence-corrected chi connectivity index (χ1v) is 34.1. The molecule has 0 unspecified atom stereocenters. The van der Waals surface area contributed by atoms with Crippen LogP contribution in [0, 0.1) is 29.1 Å². The van der Waals surface area contributed by atoms with Crippen LogP contribution < -0.4 is 43.0 Å². The molecule has 96 heavy (non-hydrogen) atoms. The van der Waals surface area contributed by atoms with Crippen molar-refractivity contribution in [1.29, 1.82) is 0 Å². The van der Waals surface area contributed by atoms with Crippen LogP contribution >= 0.6 is 11.3 Å². The number of hydrogen-bond donors (Lipinski definition) is 8. The summed E-state index contributed by atoms with van der Waals surface area (Å²) in [6.07, 6.45) is 6.37. The van der Waals surface area contributed by atoms with Crippen molar-refractivity contribution < 1.29 is 67.0 Å². The smallest absolute Gasteiger partial charge is 0.407 e. The molecule has 3 heterocycles. The van der Waals surface area contributed by atoms with Crippen LogP contribution in [-0.4, -0.2) is 175 Å². The van der Waals surface area contributed by atoms with Gasteiger partial charge in [0.15, 0.2) is 0 Å². The second-order valence-corrected chi connectivity index (χ2v) is 27.1. The molecule has 1 fully saturated rings. The molecule has 3 aromatic rings. The third kappa shape index (κ3) is 23.5. The minimum Gasteiger partial charge on any atom is -0.445 e. The SMILES string of the molecule is CC[C@H](C)[C@@H]([C@@H](CC(=O)N1CCC[C@H]1[C@H](OC)[C@@H](C)C(=O)N[C@@H](Cc1ccccc1)c1nccs1)OC)N(C)C(=O)[C@@H](NC(=O)C(C)(C)CNC(=O)OCc1ccc(NC(=O)[C@H](CCCNC(N)=O)NC(=O)[C@@H](NC(=O)CCCCCN2C(=O)C=CC2=O)C(C)C)cc1)C(C)C. The summed E-state index contributed by atoms with van der Waals surface area (Å²) < 4.78 is 17.7. The lowest BCUT2D eigenvalue weighted by atomic mass is 9.88. The molecule has 10 atom stereocenters. The fourth-order valence-electron chi connectivity index (χ4n) is 11.8. The van der Waals surface area contributed by atoms with Crippen LogP contribution in [0.5, 0.6) is 0 Å². The molecule has 2 aliphatic heterocycles. The van der Waals surface area contributed by atoms with Gasteiger partial charge in [-0.15, -0.1) is 11.3 Å². The van der Waals surface area contributed by atoms with Crippen LogP contribution in [0.4, 0.5) is 15.3 Å². The Balaban J connectivity index is 1.13. The Morgan fingerprint density at radius 1 is 0.781 bits per heavy atom. The predicted octanol–water partition coefficient (Wildman–Crippen LogP) is 6.05. The molecular formula is C69H102N12O14S. The number of carbonyl (C=O) groups is 11. The van der Waals surface area contributed by atoms with Crippen LogP contribution in [0.15, 0.2) is 78.3 Å². The monoisotopic (exact) mass is 1350 g/mol. The molecule has 1 saturated heterocycles. The number of carbonyl (C=O) groups excluding carboxylic acids is 11. The molecule has 2 aliphatic rings. The number of likely N-dealkylation sites (tertiary alicyclic amines) is 1. The number of urea groups is 1. The van der Waals surface area contributed by atoms with E-state index in [0.717, 1.165) is 15.5 Å². The van der Waals surface area contributed by atoms with Crippen molar-refractivity contribution in [2.75, 3.05) is 52.8 Å². The lowest BCUT2D eigenvalue weighted by Crippen LogP contribution is -2.59. The van der Waals surface area contributed by atoms with E-state index < -0.39 is 83.6 Å². The van der Waals surface area contributed by atoms with Crippen molar-refractivity contribution in [2.24, 2.45) is 34.8 Å². The molecule has 0 bridgehead atoms. The fraction of sp³-hybridized carbons (Fsp3) is 0.594. The van der Waals surface area contributed by atoms with Crippen LogP contribution in [0.3, 0.4) is 0 Å². The van der Waals surface area contributed by atoms with E-state index in [1.54, 1.807) is 82.1 Å². The Hall–Kier alpha value is -8.30. The highest BCUT2D eigenvalue weighted by Gasteiger charge is 2.44. The third-order valence-electron chi connectivity index (χ3n) is 17.8. The third-order valence-corrected chi connectivity index (χ3v) is 18.7. The van der Waals surface area contributed by atoms with E-state index in [4.69, 9.17) is 19.9 Å². The van der Waals surface area contributed by atoms with Crippen LogP contribution in [0.25, 0.3) is 0 Å². The summed E-state index contributed by atoms with van der Waals surface area (Å²) in [5.74, 6) is -5.15. The number of likely N-dealkylation sites (N-methyl/N-ethyl adjacent to an activating group) is 1. The number of ether oxygens (including phenoxy) is 3. The van der Waals surface area contributed by atoms with E-state index in [1.165, 1.54) is 30.6 Å². The summed E-state index contributed by atoms with van der Waals surface area (Å²) >= 11 is 1.47. The second-order valence-electron chi connectivity index (χ2n) is 26.2. The molecule has 0 radical (unpaired) electrons. The molecule has 5 rings (SSSR count). The molecule has 9 N–H and O–H groups in total. The number of rotatable bonds is 39. The van der Waals surface area contributed by atoms with Crippen molar-refractivity contribution in [1.82, 2.24) is 51.6 Å². The normalized spacial score (nSPS) is 16.7. The van der Waals surface area contributed by atoms with E-state index in [2.05, 4.69) is 42.2 Å². The molecule has 0 aliphatic carbocycles. The van der Waals surface area contributed by atoms with Crippen LogP contribution in [0.1, 0.15) is 149 Å². The maximum atomic E-state index is 14.7. The van der Waals surface area contributed by atoms with Crippen molar-refractivity contribution in [3.8, 4) is 0 Å². The van der Waals surface area contributed by atoms with Crippen molar-refractivity contribution in [2.45, 2.75) is 188 Å². The second kappa shape index (κ2) is 38.4. The Morgan fingerprint density at radius 2 is 1.46 bits per heavy atom. The van der Waals surface area contributed by atoms with Gasteiger partial charge >= 0.3 is 12.1 Å². The van der Waals surface area contributed by atoms with Gasteiger partial charge in [0.25, 0.3) is 11.8 Å². The maximum Gasteiger partial charge on any atom is 0.407 e. The van der Waals surface area contributed by atoms with Gasteiger partial charge in [0, 0.05) is 83.3 Å². The minimum atomic E-state index is -1.24. The molecule has 0 spiro atoms. The largest absolute Gasteiger partial charge is 0.445 e. The topological polar surface area (TPSA) is 348 Å². The average molecular weight is 1360 g/mol. The van der Waals surface area contributed by atoms with Crippen LogP contribution in [0.2, 0.25) is 0 Å². The number of thiazole rings is 1. The van der Waals surface area contributed by atoms with E-state index >= 15 is 0 Å². The highest BCUT2D eigenvalue weighted by Crippen LogP contribution is 2.31. The van der Waals surface area contributed by atoms with E-state index in [0.29, 0.717) is 62.7 Å². The van der Waals surface area contributed by atoms with Gasteiger partial charge < -0.3 is 67.0 Å². The van der Waals surface area contributed by atoms with Gasteiger partial charge in [-0.1, -0.05) is 104 Å². The van der Waals surface area contributed by atoms with Gasteiger partial charge in [-0.3, -0.25) is 48.1 Å². The highest BCUT2D eigenvalue weighted by atomic mass is 32.1. The lowest BCUT2D eigenvalue weighted by molar-refractivity contribution is -0.148. The summed E-state index contributed by atoms with van der Waals surface area (Å²) in [4.78, 5) is 155. The number of aromatic nitrogens is 1. The molecule has 0 saturated carbocycles. The van der Waals surface area contributed by atoms with E-state index in [1.807, 2.05) is 70.3 Å². The number of nitrogens with one attached hydrogen (secondary N) is 7. The Bertz CT molecular complexity index is 3090.